The molecule has 1 saturated carbocycles. The van der Waals surface area contributed by atoms with Crippen LogP contribution in [0.5, 0.6) is 5.75 Å². The van der Waals surface area contributed by atoms with Crippen molar-refractivity contribution < 1.29 is 9.13 Å². The molecule has 1 N–H and O–H groups in total. The lowest BCUT2D eigenvalue weighted by atomic mass is 9.80. The van der Waals surface area contributed by atoms with Gasteiger partial charge in [0.2, 0.25) is 0 Å². The van der Waals surface area contributed by atoms with Crippen molar-refractivity contribution in [1.82, 2.24) is 5.32 Å². The predicted molar refractivity (Wildman–Crippen MR) is 75.9 cm³/mol. The summed E-state index contributed by atoms with van der Waals surface area (Å²) in [5.74, 6) is 1.02. The van der Waals surface area contributed by atoms with Crippen LogP contribution in [0.15, 0.2) is 18.2 Å². The van der Waals surface area contributed by atoms with Gasteiger partial charge < -0.3 is 10.1 Å². The summed E-state index contributed by atoms with van der Waals surface area (Å²) < 4.78 is 19.6. The third-order valence-corrected chi connectivity index (χ3v) is 4.09. The molecule has 0 amide bonds. The van der Waals surface area contributed by atoms with Crippen molar-refractivity contribution in [2.45, 2.75) is 45.1 Å². The molecule has 106 valence electrons. The topological polar surface area (TPSA) is 21.3 Å². The molecule has 0 bridgehead atoms. The Bertz CT molecular complexity index is 402. The molecule has 2 nitrogen and oxygen atoms in total. The molecule has 0 heterocycles. The molecule has 1 aliphatic carbocycles. The Balaban J connectivity index is 2.32. The van der Waals surface area contributed by atoms with Crippen molar-refractivity contribution in [1.29, 1.82) is 0 Å². The highest BCUT2D eigenvalue weighted by molar-refractivity contribution is 5.37. The molecule has 19 heavy (non-hydrogen) atoms. The Hall–Kier alpha value is -1.09. The van der Waals surface area contributed by atoms with Gasteiger partial charge in [0.15, 0.2) is 0 Å². The Morgan fingerprint density at radius 2 is 2.05 bits per heavy atom. The maximum Gasteiger partial charge on any atom is 0.131 e. The maximum absolute atomic E-state index is 14.2. The fourth-order valence-corrected chi connectivity index (χ4v) is 3.19. The molecule has 2 rings (SSSR count). The van der Waals surface area contributed by atoms with Gasteiger partial charge in [-0.15, -0.1) is 0 Å². The lowest BCUT2D eigenvalue weighted by Crippen LogP contribution is -2.30. The monoisotopic (exact) mass is 265 g/mol. The second-order valence-electron chi connectivity index (χ2n) is 5.29. The first-order valence-electron chi connectivity index (χ1n) is 7.33. The second kappa shape index (κ2) is 6.90. The number of benzene rings is 1. The molecular weight excluding hydrogens is 241 g/mol. The highest BCUT2D eigenvalue weighted by Crippen LogP contribution is 2.39. The molecule has 1 fully saturated rings. The number of ether oxygens (including phenoxy) is 1. The highest BCUT2D eigenvalue weighted by Gasteiger charge is 2.28. The van der Waals surface area contributed by atoms with Gasteiger partial charge in [0.25, 0.3) is 0 Å². The second-order valence-corrected chi connectivity index (χ2v) is 5.29. The fraction of sp³-hybridized carbons (Fsp3) is 0.625. The van der Waals surface area contributed by atoms with Gasteiger partial charge in [0.05, 0.1) is 7.11 Å². The summed E-state index contributed by atoms with van der Waals surface area (Å²) in [7, 11) is 1.61. The Morgan fingerprint density at radius 1 is 1.32 bits per heavy atom. The first-order valence-corrected chi connectivity index (χ1v) is 7.33. The zero-order valence-electron chi connectivity index (χ0n) is 11.9. The minimum absolute atomic E-state index is 0.0708. The van der Waals surface area contributed by atoms with Gasteiger partial charge in [0.1, 0.15) is 11.6 Å². The van der Waals surface area contributed by atoms with Crippen LogP contribution in [0.1, 0.15) is 50.6 Å². The maximum atomic E-state index is 14.2. The summed E-state index contributed by atoms with van der Waals surface area (Å²) in [6.07, 6.45) is 6.17. The van der Waals surface area contributed by atoms with E-state index in [0.29, 0.717) is 17.2 Å². The summed E-state index contributed by atoms with van der Waals surface area (Å²) in [5, 5.41) is 3.46. The molecule has 0 saturated heterocycles. The third-order valence-electron chi connectivity index (χ3n) is 4.09. The van der Waals surface area contributed by atoms with Crippen LogP contribution in [0.2, 0.25) is 0 Å². The molecule has 0 aliphatic heterocycles. The van der Waals surface area contributed by atoms with E-state index in [2.05, 4.69) is 12.2 Å². The average Bonchev–Trinajstić information content (AvgIpc) is 2.46. The zero-order chi connectivity index (χ0) is 13.7. The third kappa shape index (κ3) is 3.27. The molecule has 1 atom stereocenters. The van der Waals surface area contributed by atoms with Gasteiger partial charge >= 0.3 is 0 Å². The van der Waals surface area contributed by atoms with Crippen LogP contribution in [0.4, 0.5) is 4.39 Å². The summed E-state index contributed by atoms with van der Waals surface area (Å²) in [6, 6.07) is 5.17. The first kappa shape index (κ1) is 14.3. The van der Waals surface area contributed by atoms with E-state index in [-0.39, 0.29) is 11.9 Å². The van der Waals surface area contributed by atoms with Crippen molar-refractivity contribution in [3.05, 3.63) is 29.6 Å². The van der Waals surface area contributed by atoms with Crippen LogP contribution in [0.3, 0.4) is 0 Å². The molecule has 1 aromatic carbocycles. The van der Waals surface area contributed by atoms with Gasteiger partial charge in [-0.05, 0) is 37.4 Å². The molecule has 3 heteroatoms. The van der Waals surface area contributed by atoms with Crippen molar-refractivity contribution in [3.8, 4) is 5.75 Å². The Kier molecular flexibility index (Phi) is 5.20. The van der Waals surface area contributed by atoms with Crippen LogP contribution in [-0.2, 0) is 0 Å². The smallest absolute Gasteiger partial charge is 0.131 e. The lowest BCUT2D eigenvalue weighted by molar-refractivity contribution is 0.263. The predicted octanol–water partition coefficient (Wildman–Crippen LogP) is 4.07. The van der Waals surface area contributed by atoms with Crippen LogP contribution in [-0.4, -0.2) is 13.7 Å². The van der Waals surface area contributed by atoms with Gasteiger partial charge in [-0.1, -0.05) is 32.3 Å². The molecular formula is C16H24FNO. The van der Waals surface area contributed by atoms with Gasteiger partial charge in [-0.3, -0.25) is 0 Å². The first-order chi connectivity index (χ1) is 9.27. The Morgan fingerprint density at radius 3 is 2.68 bits per heavy atom. The number of halogens is 1. The number of hydrogen-bond acceptors (Lipinski definition) is 2. The van der Waals surface area contributed by atoms with E-state index in [1.807, 2.05) is 6.07 Å². The summed E-state index contributed by atoms with van der Waals surface area (Å²) in [6.45, 7) is 2.92. The minimum Gasteiger partial charge on any atom is -0.496 e. The number of nitrogens with one attached hydrogen (secondary N) is 1. The zero-order valence-corrected chi connectivity index (χ0v) is 11.9. The average molecular weight is 265 g/mol. The van der Waals surface area contributed by atoms with Crippen molar-refractivity contribution in [2.24, 2.45) is 5.92 Å². The summed E-state index contributed by atoms with van der Waals surface area (Å²) >= 11 is 0. The van der Waals surface area contributed by atoms with E-state index in [1.165, 1.54) is 38.2 Å². The van der Waals surface area contributed by atoms with E-state index >= 15 is 0 Å². The summed E-state index contributed by atoms with van der Waals surface area (Å²) in [5.41, 5.74) is 0.707. The van der Waals surface area contributed by atoms with E-state index in [0.717, 1.165) is 6.54 Å². The van der Waals surface area contributed by atoms with Crippen LogP contribution >= 0.6 is 0 Å². The highest BCUT2D eigenvalue weighted by atomic mass is 19.1. The van der Waals surface area contributed by atoms with Crippen molar-refractivity contribution in [2.75, 3.05) is 13.7 Å². The normalized spacial score (nSPS) is 18.3. The number of methoxy groups -OCH3 is 1. The largest absolute Gasteiger partial charge is 0.496 e. The van der Waals surface area contributed by atoms with Crippen molar-refractivity contribution >= 4 is 0 Å². The van der Waals surface area contributed by atoms with Gasteiger partial charge in [-0.2, -0.15) is 0 Å². The van der Waals surface area contributed by atoms with E-state index in [9.17, 15) is 4.39 Å². The lowest BCUT2D eigenvalue weighted by Gasteiger charge is -2.32. The summed E-state index contributed by atoms with van der Waals surface area (Å²) in [4.78, 5) is 0. The van der Waals surface area contributed by atoms with Gasteiger partial charge in [-0.25, -0.2) is 4.39 Å². The van der Waals surface area contributed by atoms with Gasteiger partial charge in [0, 0.05) is 11.6 Å². The Labute approximate surface area is 115 Å². The van der Waals surface area contributed by atoms with Crippen LogP contribution in [0.25, 0.3) is 0 Å². The molecule has 0 spiro atoms. The molecule has 0 radical (unpaired) electrons. The SMILES string of the molecule is CCNC(c1c(F)cccc1OC)C1CCCCC1. The molecule has 1 aromatic rings. The molecule has 0 aromatic heterocycles. The standard InChI is InChI=1S/C16H24FNO/c1-3-18-16(12-8-5-4-6-9-12)15-13(17)10-7-11-14(15)19-2/h7,10-12,16,18H,3-6,8-9H2,1-2H3. The molecule has 1 aliphatic rings. The quantitative estimate of drug-likeness (QED) is 0.866. The van der Waals surface area contributed by atoms with E-state index < -0.39 is 0 Å². The molecule has 1 unspecified atom stereocenters. The number of rotatable bonds is 5. The minimum atomic E-state index is -0.157. The van der Waals surface area contributed by atoms with Crippen LogP contribution in [0, 0.1) is 11.7 Å². The fourth-order valence-electron chi connectivity index (χ4n) is 3.19. The van der Waals surface area contributed by atoms with Crippen molar-refractivity contribution in [3.63, 3.8) is 0 Å². The van der Waals surface area contributed by atoms with Crippen LogP contribution < -0.4 is 10.1 Å². The van der Waals surface area contributed by atoms with E-state index in [1.54, 1.807) is 13.2 Å². The van der Waals surface area contributed by atoms with E-state index in [4.69, 9.17) is 4.74 Å². The number of hydrogen-bond donors (Lipinski definition) is 1.